The molecule has 82 valence electrons. The number of rotatable bonds is 1. The summed E-state index contributed by atoms with van der Waals surface area (Å²) in [5.74, 6) is 1.31. The van der Waals surface area contributed by atoms with Crippen LogP contribution in [0, 0.1) is 0 Å². The molecular formula is C11H22N2S. The molecule has 0 aromatic carbocycles. The first-order valence-corrected chi connectivity index (χ1v) is 6.75. The van der Waals surface area contributed by atoms with Crippen LogP contribution in [0.2, 0.25) is 0 Å². The molecule has 0 amide bonds. The van der Waals surface area contributed by atoms with Gasteiger partial charge in [0.2, 0.25) is 0 Å². The number of hydrogen-bond acceptors (Lipinski definition) is 3. The van der Waals surface area contributed by atoms with Gasteiger partial charge < -0.3 is 5.32 Å². The molecule has 0 radical (unpaired) electrons. The lowest BCUT2D eigenvalue weighted by atomic mass is 10.1. The Morgan fingerprint density at radius 3 is 2.93 bits per heavy atom. The first-order chi connectivity index (χ1) is 6.67. The van der Waals surface area contributed by atoms with E-state index in [1.54, 1.807) is 0 Å². The van der Waals surface area contributed by atoms with Crippen molar-refractivity contribution >= 4 is 11.8 Å². The Morgan fingerprint density at radius 2 is 2.21 bits per heavy atom. The molecule has 2 saturated heterocycles. The quantitative estimate of drug-likeness (QED) is 0.713. The van der Waals surface area contributed by atoms with Crippen molar-refractivity contribution in [3.8, 4) is 0 Å². The van der Waals surface area contributed by atoms with Crippen molar-refractivity contribution in [2.45, 2.75) is 37.5 Å². The van der Waals surface area contributed by atoms with E-state index in [9.17, 15) is 0 Å². The molecular weight excluding hydrogens is 192 g/mol. The molecule has 0 aliphatic carbocycles. The molecule has 1 unspecified atom stereocenters. The van der Waals surface area contributed by atoms with Gasteiger partial charge in [-0.3, -0.25) is 4.90 Å². The van der Waals surface area contributed by atoms with Gasteiger partial charge in [0, 0.05) is 29.6 Å². The normalized spacial score (nSPS) is 34.3. The maximum absolute atomic E-state index is 3.46. The van der Waals surface area contributed by atoms with Crippen molar-refractivity contribution in [2.24, 2.45) is 0 Å². The van der Waals surface area contributed by atoms with Crippen LogP contribution < -0.4 is 5.32 Å². The van der Waals surface area contributed by atoms with Crippen LogP contribution in [0.4, 0.5) is 0 Å². The number of thioether (sulfide) groups is 1. The third-order valence-corrected chi connectivity index (χ3v) is 4.80. The van der Waals surface area contributed by atoms with Gasteiger partial charge in [0.15, 0.2) is 0 Å². The van der Waals surface area contributed by atoms with Crippen molar-refractivity contribution in [2.75, 3.05) is 31.9 Å². The minimum Gasteiger partial charge on any atom is -0.315 e. The summed E-state index contributed by atoms with van der Waals surface area (Å²) in [5, 5.41) is 3.46. The summed E-state index contributed by atoms with van der Waals surface area (Å²) in [5.41, 5.74) is 0. The van der Waals surface area contributed by atoms with E-state index in [-0.39, 0.29) is 0 Å². The zero-order valence-corrected chi connectivity index (χ0v) is 10.2. The van der Waals surface area contributed by atoms with Crippen LogP contribution in [0.3, 0.4) is 0 Å². The predicted molar refractivity (Wildman–Crippen MR) is 64.0 cm³/mol. The lowest BCUT2D eigenvalue weighted by Gasteiger charge is -2.27. The van der Waals surface area contributed by atoms with Gasteiger partial charge in [0.05, 0.1) is 0 Å². The summed E-state index contributed by atoms with van der Waals surface area (Å²) < 4.78 is 0.501. The Bertz CT molecular complexity index is 188. The van der Waals surface area contributed by atoms with Gasteiger partial charge in [0.1, 0.15) is 0 Å². The fourth-order valence-corrected chi connectivity index (χ4v) is 3.47. The van der Waals surface area contributed by atoms with E-state index in [1.165, 1.54) is 44.8 Å². The van der Waals surface area contributed by atoms with Gasteiger partial charge in [0.25, 0.3) is 0 Å². The third kappa shape index (κ3) is 2.65. The molecule has 2 fully saturated rings. The smallest absolute Gasteiger partial charge is 0.0233 e. The SMILES string of the molecule is CC1(C)CCN(C2CCNC2)CCS1. The molecule has 2 nitrogen and oxygen atoms in total. The van der Waals surface area contributed by atoms with Crippen molar-refractivity contribution in [1.82, 2.24) is 10.2 Å². The predicted octanol–water partition coefficient (Wildman–Crippen LogP) is 1.57. The van der Waals surface area contributed by atoms with E-state index in [2.05, 4.69) is 35.8 Å². The molecule has 14 heavy (non-hydrogen) atoms. The van der Waals surface area contributed by atoms with Gasteiger partial charge in [-0.1, -0.05) is 13.8 Å². The molecule has 3 heteroatoms. The summed E-state index contributed by atoms with van der Waals surface area (Å²) in [4.78, 5) is 2.70. The molecule has 2 heterocycles. The summed E-state index contributed by atoms with van der Waals surface area (Å²) in [6.45, 7) is 9.79. The molecule has 0 saturated carbocycles. The Kier molecular flexibility index (Phi) is 3.40. The third-order valence-electron chi connectivity index (χ3n) is 3.42. The second-order valence-corrected chi connectivity index (χ2v) is 6.84. The molecule has 0 aromatic rings. The molecule has 0 spiro atoms. The summed E-state index contributed by atoms with van der Waals surface area (Å²) in [6, 6.07) is 0.824. The number of nitrogens with zero attached hydrogens (tertiary/aromatic N) is 1. The molecule has 2 aliphatic rings. The zero-order chi connectivity index (χ0) is 10.0. The van der Waals surface area contributed by atoms with Crippen LogP contribution in [-0.2, 0) is 0 Å². The molecule has 2 rings (SSSR count). The van der Waals surface area contributed by atoms with Crippen molar-refractivity contribution < 1.29 is 0 Å². The fraction of sp³-hybridized carbons (Fsp3) is 1.00. The highest BCUT2D eigenvalue weighted by atomic mass is 32.2. The highest BCUT2D eigenvalue weighted by Gasteiger charge is 2.28. The largest absolute Gasteiger partial charge is 0.315 e. The minimum atomic E-state index is 0.501. The number of nitrogens with one attached hydrogen (secondary N) is 1. The van der Waals surface area contributed by atoms with E-state index in [4.69, 9.17) is 0 Å². The standard InChI is InChI=1S/C11H22N2S/c1-11(2)4-6-13(7-8-14-11)10-3-5-12-9-10/h10,12H,3-9H2,1-2H3. The Balaban J connectivity index is 1.88. The van der Waals surface area contributed by atoms with E-state index in [0.29, 0.717) is 4.75 Å². The van der Waals surface area contributed by atoms with Crippen LogP contribution in [0.1, 0.15) is 26.7 Å². The molecule has 0 aromatic heterocycles. The average Bonchev–Trinajstić information content (AvgIpc) is 2.58. The van der Waals surface area contributed by atoms with E-state index in [0.717, 1.165) is 6.04 Å². The Morgan fingerprint density at radius 1 is 1.36 bits per heavy atom. The monoisotopic (exact) mass is 214 g/mol. The Hall–Kier alpha value is 0.270. The maximum Gasteiger partial charge on any atom is 0.0233 e. The molecule has 1 N–H and O–H groups in total. The van der Waals surface area contributed by atoms with Gasteiger partial charge in [-0.2, -0.15) is 11.8 Å². The summed E-state index contributed by atoms with van der Waals surface area (Å²) in [7, 11) is 0. The highest BCUT2D eigenvalue weighted by molar-refractivity contribution is 8.00. The molecule has 0 bridgehead atoms. The van der Waals surface area contributed by atoms with Crippen LogP contribution in [0.25, 0.3) is 0 Å². The van der Waals surface area contributed by atoms with Crippen molar-refractivity contribution in [3.63, 3.8) is 0 Å². The van der Waals surface area contributed by atoms with E-state index in [1.807, 2.05) is 0 Å². The fourth-order valence-electron chi connectivity index (χ4n) is 2.35. The lowest BCUT2D eigenvalue weighted by molar-refractivity contribution is 0.217. The van der Waals surface area contributed by atoms with Gasteiger partial charge >= 0.3 is 0 Å². The molecule has 1 atom stereocenters. The van der Waals surface area contributed by atoms with Crippen LogP contribution in [0.5, 0.6) is 0 Å². The molecule has 2 aliphatic heterocycles. The zero-order valence-electron chi connectivity index (χ0n) is 9.38. The summed E-state index contributed by atoms with van der Waals surface area (Å²) in [6.07, 6.45) is 2.69. The van der Waals surface area contributed by atoms with E-state index < -0.39 is 0 Å². The second-order valence-electron chi connectivity index (χ2n) is 5.04. The maximum atomic E-state index is 3.46. The van der Waals surface area contributed by atoms with Crippen molar-refractivity contribution in [3.05, 3.63) is 0 Å². The first kappa shape index (κ1) is 10.8. The average molecular weight is 214 g/mol. The number of hydrogen-bond donors (Lipinski definition) is 1. The lowest BCUT2D eigenvalue weighted by Crippen LogP contribution is -2.38. The van der Waals surface area contributed by atoms with Crippen LogP contribution in [0.15, 0.2) is 0 Å². The first-order valence-electron chi connectivity index (χ1n) is 5.76. The van der Waals surface area contributed by atoms with Crippen LogP contribution >= 0.6 is 11.8 Å². The van der Waals surface area contributed by atoms with Gasteiger partial charge in [-0.05, 0) is 25.9 Å². The van der Waals surface area contributed by atoms with Gasteiger partial charge in [-0.25, -0.2) is 0 Å². The highest BCUT2D eigenvalue weighted by Crippen LogP contribution is 2.31. The Labute approximate surface area is 91.8 Å². The van der Waals surface area contributed by atoms with Crippen LogP contribution in [-0.4, -0.2) is 47.6 Å². The topological polar surface area (TPSA) is 15.3 Å². The minimum absolute atomic E-state index is 0.501. The van der Waals surface area contributed by atoms with E-state index >= 15 is 0 Å². The van der Waals surface area contributed by atoms with Gasteiger partial charge in [-0.15, -0.1) is 0 Å². The second kappa shape index (κ2) is 4.42. The van der Waals surface area contributed by atoms with Crippen molar-refractivity contribution in [1.29, 1.82) is 0 Å². The summed E-state index contributed by atoms with van der Waals surface area (Å²) >= 11 is 2.14.